The maximum Gasteiger partial charge on any atom is 0.161 e. The summed E-state index contributed by atoms with van der Waals surface area (Å²) < 4.78 is 46.7. The van der Waals surface area contributed by atoms with Crippen LogP contribution in [0.5, 0.6) is 0 Å². The van der Waals surface area contributed by atoms with Gasteiger partial charge in [0.1, 0.15) is 19.8 Å². The van der Waals surface area contributed by atoms with Crippen LogP contribution in [0.2, 0.25) is 0 Å². The van der Waals surface area contributed by atoms with E-state index in [1.54, 1.807) is 0 Å². The van der Waals surface area contributed by atoms with Gasteiger partial charge in [-0.25, -0.2) is 0 Å². The van der Waals surface area contributed by atoms with Crippen LogP contribution in [-0.2, 0) is 32.9 Å². The fourth-order valence-corrected chi connectivity index (χ4v) is 9.15. The van der Waals surface area contributed by atoms with Gasteiger partial charge in [-0.3, -0.25) is 0 Å². The molecule has 272 valence electrons. The lowest BCUT2D eigenvalue weighted by Crippen LogP contribution is -2.61. The maximum atomic E-state index is 10.9. The van der Waals surface area contributed by atoms with Crippen LogP contribution < -0.4 is 0 Å². The van der Waals surface area contributed by atoms with E-state index in [0.29, 0.717) is 42.1 Å². The highest BCUT2D eigenvalue weighted by Gasteiger charge is 2.52. The first-order valence-electron chi connectivity index (χ1n) is 18.8. The molecular formula is C37H68BO8P. The fourth-order valence-electron chi connectivity index (χ4n) is 8.77. The van der Waals surface area contributed by atoms with Gasteiger partial charge in [0.2, 0.25) is 0 Å². The lowest BCUT2D eigenvalue weighted by Gasteiger charge is -2.52. The molecule has 0 aromatic carbocycles. The van der Waals surface area contributed by atoms with Gasteiger partial charge in [-0.1, -0.05) is 69.2 Å². The molecule has 4 fully saturated rings. The van der Waals surface area contributed by atoms with E-state index in [-0.39, 0.29) is 73.2 Å². The van der Waals surface area contributed by atoms with Crippen LogP contribution in [0.3, 0.4) is 0 Å². The van der Waals surface area contributed by atoms with E-state index in [2.05, 4.69) is 83.1 Å². The van der Waals surface area contributed by atoms with Crippen molar-refractivity contribution in [2.75, 3.05) is 19.9 Å². The molecule has 4 rings (SSSR count). The maximum absolute atomic E-state index is 10.9. The zero-order valence-electron chi connectivity index (χ0n) is 31.7. The van der Waals surface area contributed by atoms with Crippen LogP contribution in [0.1, 0.15) is 95.9 Å². The van der Waals surface area contributed by atoms with E-state index in [4.69, 9.17) is 40.5 Å². The molecule has 0 bridgehead atoms. The van der Waals surface area contributed by atoms with Crippen LogP contribution in [0.4, 0.5) is 0 Å². The number of hydrogen-bond acceptors (Lipinski definition) is 8. The Kier molecular flexibility index (Phi) is 14.6. The van der Waals surface area contributed by atoms with Gasteiger partial charge in [0.25, 0.3) is 0 Å². The summed E-state index contributed by atoms with van der Waals surface area (Å²) in [4.78, 5) is 0. The second kappa shape index (κ2) is 17.1. The molecule has 0 saturated carbocycles. The Labute approximate surface area is 289 Å². The molecule has 0 aromatic rings. The van der Waals surface area contributed by atoms with Gasteiger partial charge >= 0.3 is 0 Å². The van der Waals surface area contributed by atoms with Crippen LogP contribution >= 0.6 is 8.03 Å². The molecule has 47 heavy (non-hydrogen) atoms. The van der Waals surface area contributed by atoms with Crippen molar-refractivity contribution in [2.45, 2.75) is 157 Å². The lowest BCUT2D eigenvalue weighted by molar-refractivity contribution is -0.344. The predicted octanol–water partition coefficient (Wildman–Crippen LogP) is 7.04. The molecule has 21 atom stereocenters. The van der Waals surface area contributed by atoms with Crippen molar-refractivity contribution >= 4 is 15.6 Å². The SMILES string of the molecule is [B]P(C)OCC1OC(C)C(C)C(C)C1CC1OC(CO)C(OC2OC(C)C(C)C(C)C2C)C(OC2OC(CC)C(C)C(C)C2C)C1C. The third kappa shape index (κ3) is 8.80. The second-order valence-corrected chi connectivity index (χ2v) is 17.5. The molecule has 8 nitrogen and oxygen atoms in total. The molecule has 21 unspecified atom stereocenters. The molecule has 10 heteroatoms. The summed E-state index contributed by atoms with van der Waals surface area (Å²) in [7, 11) is 5.07. The Bertz CT molecular complexity index is 959. The first kappa shape index (κ1) is 40.0. The number of rotatable bonds is 11. The summed E-state index contributed by atoms with van der Waals surface area (Å²) in [5.74, 6) is 3.05. The molecule has 2 radical (unpaired) electrons. The summed E-state index contributed by atoms with van der Waals surface area (Å²) in [6.45, 7) is 29.1. The van der Waals surface area contributed by atoms with Crippen LogP contribution in [0.25, 0.3) is 0 Å². The van der Waals surface area contributed by atoms with E-state index < -0.39 is 26.5 Å². The topological polar surface area (TPSA) is 84.8 Å². The highest BCUT2D eigenvalue weighted by molar-refractivity contribution is 7.77. The average Bonchev–Trinajstić information content (AvgIpc) is 3.04. The summed E-state index contributed by atoms with van der Waals surface area (Å²) in [6, 6.07) is 0. The number of ether oxygens (including phenoxy) is 6. The molecule has 4 aliphatic rings. The quantitative estimate of drug-likeness (QED) is 0.184. The van der Waals surface area contributed by atoms with Crippen molar-refractivity contribution in [3.05, 3.63) is 0 Å². The Morgan fingerprint density at radius 1 is 0.574 bits per heavy atom. The van der Waals surface area contributed by atoms with E-state index >= 15 is 0 Å². The molecular weight excluding hydrogens is 614 g/mol. The predicted molar refractivity (Wildman–Crippen MR) is 188 cm³/mol. The fraction of sp³-hybridized carbons (Fsp3) is 1.00. The summed E-state index contributed by atoms with van der Waals surface area (Å²) in [5.41, 5.74) is 0. The average molecular weight is 683 g/mol. The molecule has 0 spiro atoms. The van der Waals surface area contributed by atoms with Gasteiger partial charge in [-0.15, -0.1) is 0 Å². The molecule has 4 aliphatic heterocycles. The normalized spacial score (nSPS) is 51.9. The van der Waals surface area contributed by atoms with E-state index in [1.807, 2.05) is 6.66 Å². The van der Waals surface area contributed by atoms with Crippen molar-refractivity contribution in [1.82, 2.24) is 0 Å². The Balaban J connectivity index is 1.64. The van der Waals surface area contributed by atoms with Gasteiger partial charge in [0.15, 0.2) is 12.6 Å². The Hall–Kier alpha value is 0.175. The van der Waals surface area contributed by atoms with E-state index in [0.717, 1.165) is 12.8 Å². The Morgan fingerprint density at radius 2 is 1.13 bits per heavy atom. The molecule has 4 saturated heterocycles. The Morgan fingerprint density at radius 3 is 1.72 bits per heavy atom. The van der Waals surface area contributed by atoms with Gasteiger partial charge < -0.3 is 38.1 Å². The molecule has 4 heterocycles. The third-order valence-electron chi connectivity index (χ3n) is 13.5. The third-order valence-corrected chi connectivity index (χ3v) is 14.1. The van der Waals surface area contributed by atoms with E-state index in [1.165, 1.54) is 0 Å². The molecule has 0 amide bonds. The molecule has 0 aliphatic carbocycles. The van der Waals surface area contributed by atoms with Gasteiger partial charge in [-0.2, -0.15) is 0 Å². The van der Waals surface area contributed by atoms with Crippen molar-refractivity contribution < 1.29 is 38.1 Å². The smallest absolute Gasteiger partial charge is 0.161 e. The largest absolute Gasteiger partial charge is 0.394 e. The lowest BCUT2D eigenvalue weighted by atomic mass is 9.71. The second-order valence-electron chi connectivity index (χ2n) is 16.1. The number of aliphatic hydroxyl groups is 1. The first-order valence-corrected chi connectivity index (χ1v) is 20.5. The van der Waals surface area contributed by atoms with Crippen molar-refractivity contribution in [3.8, 4) is 0 Å². The minimum absolute atomic E-state index is 0.0396. The monoisotopic (exact) mass is 682 g/mol. The highest BCUT2D eigenvalue weighted by atomic mass is 31.1. The zero-order chi connectivity index (χ0) is 34.9. The van der Waals surface area contributed by atoms with Gasteiger partial charge in [0.05, 0.1) is 49.8 Å². The highest BCUT2D eigenvalue weighted by Crippen LogP contribution is 2.45. The standard InChI is InChI=1S/C37H68BO8P/c1-14-30-23(7)19(3)25(9)37(44-30)45-34-26(10)31(15-29-22(6)21(5)27(11)41-33(29)17-40-47(13)38)43-32(16-39)35(34)46-36-24(8)18(2)20(4)28(12)42-36/h18-37,39H,14-17H2,1-13H3. The molecule has 0 aromatic heterocycles. The summed E-state index contributed by atoms with van der Waals surface area (Å²) >= 11 is 0. The van der Waals surface area contributed by atoms with Gasteiger partial charge in [0, 0.05) is 17.8 Å². The molecule has 1 N–H and O–H groups in total. The minimum atomic E-state index is -0.991. The van der Waals surface area contributed by atoms with E-state index in [9.17, 15) is 5.11 Å². The van der Waals surface area contributed by atoms with Crippen LogP contribution in [-0.4, -0.2) is 94.0 Å². The van der Waals surface area contributed by atoms with Crippen LogP contribution in [0.15, 0.2) is 0 Å². The van der Waals surface area contributed by atoms with Gasteiger partial charge in [-0.05, 0) is 82.8 Å². The first-order chi connectivity index (χ1) is 22.1. The number of aliphatic hydroxyl groups excluding tert-OH is 1. The zero-order valence-corrected chi connectivity index (χ0v) is 32.6. The summed E-state index contributed by atoms with van der Waals surface area (Å²) in [5, 5.41) is 10.9. The van der Waals surface area contributed by atoms with Crippen molar-refractivity contribution in [1.29, 1.82) is 0 Å². The van der Waals surface area contributed by atoms with Crippen molar-refractivity contribution in [2.24, 2.45) is 59.2 Å². The van der Waals surface area contributed by atoms with Crippen molar-refractivity contribution in [3.63, 3.8) is 0 Å². The number of hydrogen-bond donors (Lipinski definition) is 1. The minimum Gasteiger partial charge on any atom is -0.394 e. The van der Waals surface area contributed by atoms with Crippen LogP contribution in [0, 0.1) is 59.2 Å². The summed E-state index contributed by atoms with van der Waals surface area (Å²) in [6.07, 6.45) is -0.496.